The SMILES string of the molecule is Cc1ncc(-c2cc3c(cn2)C(C)(C)C(=O)N3C2=CC(C)NC=C2)cn1. The predicted octanol–water partition coefficient (Wildman–Crippen LogP) is 2.86. The smallest absolute Gasteiger partial charge is 0.241 e. The number of aromatic nitrogens is 3. The molecule has 2 aliphatic heterocycles. The lowest BCUT2D eigenvalue weighted by atomic mass is 9.87. The molecule has 2 aromatic heterocycles. The number of nitrogens with zero attached hydrogens (tertiary/aromatic N) is 4. The van der Waals surface area contributed by atoms with Gasteiger partial charge < -0.3 is 5.32 Å². The summed E-state index contributed by atoms with van der Waals surface area (Å²) in [6.45, 7) is 7.79. The third kappa shape index (κ3) is 2.49. The zero-order valence-electron chi connectivity index (χ0n) is 15.3. The van der Waals surface area contributed by atoms with Gasteiger partial charge >= 0.3 is 0 Å². The topological polar surface area (TPSA) is 71.0 Å². The maximum atomic E-state index is 13.2. The molecule has 4 rings (SSSR count). The van der Waals surface area contributed by atoms with E-state index < -0.39 is 5.41 Å². The molecule has 0 radical (unpaired) electrons. The highest BCUT2D eigenvalue weighted by atomic mass is 16.2. The lowest BCUT2D eigenvalue weighted by molar-refractivity contribution is -0.121. The number of dihydropyridines is 1. The fourth-order valence-electron chi connectivity index (χ4n) is 3.35. The van der Waals surface area contributed by atoms with Gasteiger partial charge in [0.25, 0.3) is 0 Å². The van der Waals surface area contributed by atoms with Gasteiger partial charge in [0.2, 0.25) is 5.91 Å². The number of fused-ring (bicyclic) bond motifs is 1. The molecule has 1 unspecified atom stereocenters. The summed E-state index contributed by atoms with van der Waals surface area (Å²) in [5.41, 5.74) is 3.65. The third-order valence-electron chi connectivity index (χ3n) is 4.90. The number of allylic oxidation sites excluding steroid dienone is 1. The summed E-state index contributed by atoms with van der Waals surface area (Å²) < 4.78 is 0. The van der Waals surface area contributed by atoms with E-state index in [0.717, 1.165) is 28.2 Å². The van der Waals surface area contributed by atoms with Gasteiger partial charge in [0.15, 0.2) is 0 Å². The normalized spacial score (nSPS) is 20.6. The molecule has 1 atom stereocenters. The lowest BCUT2D eigenvalue weighted by Crippen LogP contribution is -2.37. The van der Waals surface area contributed by atoms with Crippen molar-refractivity contribution in [3.05, 3.63) is 60.1 Å². The van der Waals surface area contributed by atoms with E-state index in [1.54, 1.807) is 23.5 Å². The van der Waals surface area contributed by atoms with Gasteiger partial charge in [0.05, 0.1) is 16.8 Å². The number of anilines is 1. The summed E-state index contributed by atoms with van der Waals surface area (Å²) >= 11 is 0. The van der Waals surface area contributed by atoms with Crippen LogP contribution < -0.4 is 10.2 Å². The maximum Gasteiger partial charge on any atom is 0.241 e. The van der Waals surface area contributed by atoms with Crippen molar-refractivity contribution in [1.82, 2.24) is 20.3 Å². The van der Waals surface area contributed by atoms with Crippen molar-refractivity contribution in [3.8, 4) is 11.3 Å². The Bertz CT molecular complexity index is 943. The molecule has 26 heavy (non-hydrogen) atoms. The molecule has 0 aromatic carbocycles. The van der Waals surface area contributed by atoms with Gasteiger partial charge in [-0.05, 0) is 52.1 Å². The fourth-order valence-corrected chi connectivity index (χ4v) is 3.35. The Balaban J connectivity index is 1.85. The summed E-state index contributed by atoms with van der Waals surface area (Å²) in [6.07, 6.45) is 11.2. The molecule has 1 amide bonds. The highest BCUT2D eigenvalue weighted by Gasteiger charge is 2.45. The van der Waals surface area contributed by atoms with Crippen molar-refractivity contribution in [2.75, 3.05) is 4.90 Å². The Kier molecular flexibility index (Phi) is 3.64. The molecule has 1 N–H and O–H groups in total. The van der Waals surface area contributed by atoms with Crippen molar-refractivity contribution in [1.29, 1.82) is 0 Å². The van der Waals surface area contributed by atoms with Gasteiger partial charge in [-0.1, -0.05) is 0 Å². The molecule has 4 heterocycles. The van der Waals surface area contributed by atoms with Crippen molar-refractivity contribution in [3.63, 3.8) is 0 Å². The number of aryl methyl sites for hydroxylation is 1. The Labute approximate surface area is 152 Å². The predicted molar refractivity (Wildman–Crippen MR) is 100 cm³/mol. The number of nitrogens with one attached hydrogen (secondary N) is 1. The minimum Gasteiger partial charge on any atom is -0.385 e. The molecule has 6 heteroatoms. The summed E-state index contributed by atoms with van der Waals surface area (Å²) in [5, 5.41) is 3.21. The van der Waals surface area contributed by atoms with Gasteiger partial charge in [-0.25, -0.2) is 9.97 Å². The number of rotatable bonds is 2. The van der Waals surface area contributed by atoms with Crippen molar-refractivity contribution < 1.29 is 4.79 Å². The number of carbonyl (C=O) groups excluding carboxylic acids is 1. The second-order valence-electron chi connectivity index (χ2n) is 7.25. The first-order valence-electron chi connectivity index (χ1n) is 8.66. The van der Waals surface area contributed by atoms with Crippen molar-refractivity contribution in [2.45, 2.75) is 39.2 Å². The molecular formula is C20H21N5O. The monoisotopic (exact) mass is 347 g/mol. The quantitative estimate of drug-likeness (QED) is 0.904. The van der Waals surface area contributed by atoms with Gasteiger partial charge in [0, 0.05) is 41.5 Å². The van der Waals surface area contributed by atoms with Crippen LogP contribution in [0.3, 0.4) is 0 Å². The van der Waals surface area contributed by atoms with Crippen LogP contribution in [0.1, 0.15) is 32.2 Å². The molecule has 132 valence electrons. The van der Waals surface area contributed by atoms with E-state index in [1.807, 2.05) is 39.1 Å². The van der Waals surface area contributed by atoms with Crippen LogP contribution in [0.4, 0.5) is 5.69 Å². The molecule has 0 fully saturated rings. The molecule has 2 aromatic rings. The molecular weight excluding hydrogens is 326 g/mol. The number of amides is 1. The minimum atomic E-state index is -0.618. The van der Waals surface area contributed by atoms with Crippen molar-refractivity contribution >= 4 is 11.6 Å². The zero-order chi connectivity index (χ0) is 18.5. The molecule has 0 saturated carbocycles. The highest BCUT2D eigenvalue weighted by Crippen LogP contribution is 2.44. The lowest BCUT2D eigenvalue weighted by Gasteiger charge is -2.25. The average molecular weight is 347 g/mol. The van der Waals surface area contributed by atoms with E-state index in [-0.39, 0.29) is 11.9 Å². The van der Waals surface area contributed by atoms with E-state index in [9.17, 15) is 4.79 Å². The molecule has 0 spiro atoms. The van der Waals surface area contributed by atoms with Crippen LogP contribution in [-0.2, 0) is 10.2 Å². The van der Waals surface area contributed by atoms with Crippen LogP contribution in [0.2, 0.25) is 0 Å². The number of pyridine rings is 1. The number of hydrogen-bond acceptors (Lipinski definition) is 5. The first-order valence-corrected chi connectivity index (χ1v) is 8.66. The first kappa shape index (κ1) is 16.4. The second kappa shape index (κ2) is 5.76. The van der Waals surface area contributed by atoms with Crippen LogP contribution in [0.15, 0.2) is 48.7 Å². The Morgan fingerprint density at radius 3 is 2.58 bits per heavy atom. The molecule has 0 aliphatic carbocycles. The highest BCUT2D eigenvalue weighted by molar-refractivity contribution is 6.10. The van der Waals surface area contributed by atoms with E-state index in [1.165, 1.54) is 0 Å². The Hall–Kier alpha value is -3.02. The number of hydrogen-bond donors (Lipinski definition) is 1. The van der Waals surface area contributed by atoms with E-state index >= 15 is 0 Å². The van der Waals surface area contributed by atoms with Crippen LogP contribution in [0.25, 0.3) is 11.3 Å². The average Bonchev–Trinajstić information content (AvgIpc) is 2.81. The maximum absolute atomic E-state index is 13.2. The standard InChI is InChI=1S/C20H21N5O/c1-12-7-15(5-6-21-12)25-18-8-17(14-9-22-13(2)23-10-14)24-11-16(18)20(3,4)19(25)26/h5-12,21H,1-4H3. The second-order valence-corrected chi connectivity index (χ2v) is 7.25. The largest absolute Gasteiger partial charge is 0.385 e. The molecule has 0 bridgehead atoms. The van der Waals surface area contributed by atoms with Crippen LogP contribution >= 0.6 is 0 Å². The van der Waals surface area contributed by atoms with Gasteiger partial charge in [0.1, 0.15) is 5.82 Å². The zero-order valence-corrected chi connectivity index (χ0v) is 15.3. The van der Waals surface area contributed by atoms with Crippen molar-refractivity contribution in [2.24, 2.45) is 0 Å². The Morgan fingerprint density at radius 2 is 1.88 bits per heavy atom. The third-order valence-corrected chi connectivity index (χ3v) is 4.90. The van der Waals surface area contributed by atoms with Gasteiger partial charge in [-0.15, -0.1) is 0 Å². The van der Waals surface area contributed by atoms with E-state index in [2.05, 4.69) is 33.3 Å². The van der Waals surface area contributed by atoms with Gasteiger partial charge in [-0.2, -0.15) is 0 Å². The summed E-state index contributed by atoms with van der Waals surface area (Å²) in [6, 6.07) is 2.12. The molecule has 6 nitrogen and oxygen atoms in total. The summed E-state index contributed by atoms with van der Waals surface area (Å²) in [7, 11) is 0. The van der Waals surface area contributed by atoms with Crippen LogP contribution in [0.5, 0.6) is 0 Å². The van der Waals surface area contributed by atoms with Gasteiger partial charge in [-0.3, -0.25) is 14.7 Å². The number of carbonyl (C=O) groups is 1. The summed E-state index contributed by atoms with van der Waals surface area (Å²) in [5.74, 6) is 0.767. The van der Waals surface area contributed by atoms with E-state index in [4.69, 9.17) is 0 Å². The molecule has 0 saturated heterocycles. The molecule has 2 aliphatic rings. The van der Waals surface area contributed by atoms with Crippen LogP contribution in [0, 0.1) is 6.92 Å². The Morgan fingerprint density at radius 1 is 1.15 bits per heavy atom. The summed E-state index contributed by atoms with van der Waals surface area (Å²) in [4.78, 5) is 28.0. The van der Waals surface area contributed by atoms with Crippen LogP contribution in [-0.4, -0.2) is 26.9 Å². The minimum absolute atomic E-state index is 0.0524. The van der Waals surface area contributed by atoms with E-state index in [0.29, 0.717) is 5.82 Å². The fraction of sp³-hybridized carbons (Fsp3) is 0.300. The first-order chi connectivity index (χ1) is 12.4.